The van der Waals surface area contributed by atoms with E-state index in [2.05, 4.69) is 26.2 Å². The van der Waals surface area contributed by atoms with Crippen molar-refractivity contribution in [2.24, 2.45) is 0 Å². The number of rotatable bonds is 3. The first-order valence-electron chi connectivity index (χ1n) is 6.48. The first kappa shape index (κ1) is 14.2. The van der Waals surface area contributed by atoms with Gasteiger partial charge in [-0.15, -0.1) is 0 Å². The van der Waals surface area contributed by atoms with Gasteiger partial charge in [0.2, 0.25) is 0 Å². The molecule has 1 aromatic carbocycles. The number of hydrogen-bond donors (Lipinski definition) is 1. The molecule has 1 aromatic heterocycles. The quantitative estimate of drug-likeness (QED) is 0.925. The Morgan fingerprint density at radius 2 is 1.86 bits per heavy atom. The number of aromatic nitrogens is 1. The maximum Gasteiger partial charge on any atom is 0.274 e. The second-order valence-electron chi connectivity index (χ2n) is 4.51. The molecule has 0 atom stereocenters. The van der Waals surface area contributed by atoms with Gasteiger partial charge in [0.15, 0.2) is 6.29 Å². The first-order chi connectivity index (χ1) is 10.2. The van der Waals surface area contributed by atoms with Crippen LogP contribution in [0.1, 0.15) is 22.3 Å². The molecule has 0 spiro atoms. The summed E-state index contributed by atoms with van der Waals surface area (Å²) in [6.45, 7) is 1.22. The minimum absolute atomic E-state index is 0.247. The van der Waals surface area contributed by atoms with Crippen LogP contribution in [0.2, 0.25) is 0 Å². The van der Waals surface area contributed by atoms with Gasteiger partial charge in [-0.1, -0.05) is 12.1 Å². The van der Waals surface area contributed by atoms with Gasteiger partial charge in [-0.25, -0.2) is 4.98 Å². The van der Waals surface area contributed by atoms with Crippen molar-refractivity contribution in [3.63, 3.8) is 0 Å². The van der Waals surface area contributed by atoms with E-state index in [0.717, 1.165) is 10.0 Å². The molecular formula is C15H13BrN2O3. The Kier molecular flexibility index (Phi) is 4.28. The van der Waals surface area contributed by atoms with Crippen molar-refractivity contribution in [2.45, 2.75) is 6.29 Å². The predicted molar refractivity (Wildman–Crippen MR) is 81.0 cm³/mol. The van der Waals surface area contributed by atoms with Crippen molar-refractivity contribution in [1.29, 1.82) is 0 Å². The predicted octanol–water partition coefficient (Wildman–Crippen LogP) is 3.14. The summed E-state index contributed by atoms with van der Waals surface area (Å²) in [4.78, 5) is 16.1. The molecule has 1 aliphatic rings. The Morgan fingerprint density at radius 3 is 2.48 bits per heavy atom. The lowest BCUT2D eigenvalue weighted by atomic mass is 10.2. The van der Waals surface area contributed by atoms with Gasteiger partial charge in [-0.05, 0) is 40.2 Å². The SMILES string of the molecule is O=C(Nc1ccc(C2OCCO2)cc1)c1ccc(Br)cn1. The Hall–Kier alpha value is -1.76. The fourth-order valence-electron chi connectivity index (χ4n) is 1.98. The summed E-state index contributed by atoms with van der Waals surface area (Å²) in [6, 6.07) is 10.8. The minimum atomic E-state index is -0.303. The number of hydrogen-bond acceptors (Lipinski definition) is 4. The summed E-state index contributed by atoms with van der Waals surface area (Å²) < 4.78 is 11.7. The third-order valence-corrected chi connectivity index (χ3v) is 3.49. The fraction of sp³-hybridized carbons (Fsp3) is 0.200. The van der Waals surface area contributed by atoms with Crippen LogP contribution in [0.25, 0.3) is 0 Å². The topological polar surface area (TPSA) is 60.5 Å². The van der Waals surface area contributed by atoms with Crippen molar-refractivity contribution >= 4 is 27.5 Å². The van der Waals surface area contributed by atoms with E-state index >= 15 is 0 Å². The fourth-order valence-corrected chi connectivity index (χ4v) is 2.21. The summed E-state index contributed by atoms with van der Waals surface area (Å²) in [5.41, 5.74) is 2.00. The van der Waals surface area contributed by atoms with E-state index in [-0.39, 0.29) is 12.2 Å². The van der Waals surface area contributed by atoms with Gasteiger partial charge in [0.05, 0.1) is 13.2 Å². The normalized spacial score (nSPS) is 15.1. The largest absolute Gasteiger partial charge is 0.346 e. The number of benzene rings is 1. The van der Waals surface area contributed by atoms with E-state index in [9.17, 15) is 4.79 Å². The number of carbonyl (C=O) groups excluding carboxylic acids is 1. The van der Waals surface area contributed by atoms with Crippen molar-refractivity contribution in [3.05, 3.63) is 58.3 Å². The molecule has 108 valence electrons. The number of carbonyl (C=O) groups is 1. The van der Waals surface area contributed by atoms with Crippen LogP contribution in [0.15, 0.2) is 47.1 Å². The minimum Gasteiger partial charge on any atom is -0.346 e. The zero-order chi connectivity index (χ0) is 14.7. The van der Waals surface area contributed by atoms with Crippen molar-refractivity contribution in [2.75, 3.05) is 18.5 Å². The lowest BCUT2D eigenvalue weighted by molar-refractivity contribution is -0.0441. The molecule has 1 N–H and O–H groups in total. The van der Waals surface area contributed by atoms with Crippen molar-refractivity contribution in [1.82, 2.24) is 4.98 Å². The number of halogens is 1. The Balaban J connectivity index is 1.67. The van der Waals surface area contributed by atoms with E-state index in [1.165, 1.54) is 0 Å². The van der Waals surface area contributed by atoms with Crippen molar-refractivity contribution < 1.29 is 14.3 Å². The molecule has 0 bridgehead atoms. The highest BCUT2D eigenvalue weighted by Gasteiger charge is 2.18. The zero-order valence-electron chi connectivity index (χ0n) is 11.1. The van der Waals surface area contributed by atoms with Gasteiger partial charge in [0.1, 0.15) is 5.69 Å². The number of anilines is 1. The molecule has 0 saturated carbocycles. The van der Waals surface area contributed by atoms with Crippen LogP contribution >= 0.6 is 15.9 Å². The van der Waals surface area contributed by atoms with Gasteiger partial charge in [0.25, 0.3) is 5.91 Å². The van der Waals surface area contributed by atoms with Crippen LogP contribution in [0.3, 0.4) is 0 Å². The van der Waals surface area contributed by atoms with Crippen LogP contribution in [-0.2, 0) is 9.47 Å². The van der Waals surface area contributed by atoms with Gasteiger partial charge in [0, 0.05) is 21.9 Å². The Morgan fingerprint density at radius 1 is 1.14 bits per heavy atom. The van der Waals surface area contributed by atoms with E-state index in [1.807, 2.05) is 24.3 Å². The summed E-state index contributed by atoms with van der Waals surface area (Å²) in [5.74, 6) is -0.247. The molecule has 1 aliphatic heterocycles. The van der Waals surface area contributed by atoms with E-state index in [1.54, 1.807) is 18.3 Å². The lowest BCUT2D eigenvalue weighted by Gasteiger charge is -2.10. The lowest BCUT2D eigenvalue weighted by Crippen LogP contribution is -2.13. The van der Waals surface area contributed by atoms with E-state index in [4.69, 9.17) is 9.47 Å². The van der Waals surface area contributed by atoms with Crippen LogP contribution < -0.4 is 5.32 Å². The Labute approximate surface area is 130 Å². The molecule has 21 heavy (non-hydrogen) atoms. The Bertz CT molecular complexity index is 622. The first-order valence-corrected chi connectivity index (χ1v) is 7.28. The summed E-state index contributed by atoms with van der Waals surface area (Å²) in [5, 5.41) is 2.80. The van der Waals surface area contributed by atoms with E-state index in [0.29, 0.717) is 24.6 Å². The van der Waals surface area contributed by atoms with Crippen LogP contribution in [0.5, 0.6) is 0 Å². The molecule has 1 fully saturated rings. The molecule has 0 radical (unpaired) electrons. The second-order valence-corrected chi connectivity index (χ2v) is 5.43. The molecule has 0 aliphatic carbocycles. The van der Waals surface area contributed by atoms with Crippen LogP contribution in [0, 0.1) is 0 Å². The molecule has 2 aromatic rings. The molecule has 1 amide bonds. The monoisotopic (exact) mass is 348 g/mol. The third kappa shape index (κ3) is 3.47. The number of ether oxygens (including phenoxy) is 2. The number of nitrogens with one attached hydrogen (secondary N) is 1. The second kappa shape index (κ2) is 6.34. The third-order valence-electron chi connectivity index (χ3n) is 3.02. The van der Waals surface area contributed by atoms with Gasteiger partial charge >= 0.3 is 0 Å². The summed E-state index contributed by atoms with van der Waals surface area (Å²) >= 11 is 3.28. The maximum atomic E-state index is 12.0. The van der Waals surface area contributed by atoms with Gasteiger partial charge in [-0.3, -0.25) is 4.79 Å². The van der Waals surface area contributed by atoms with E-state index < -0.39 is 0 Å². The highest BCUT2D eigenvalue weighted by molar-refractivity contribution is 9.10. The van der Waals surface area contributed by atoms with Crippen LogP contribution in [-0.4, -0.2) is 24.1 Å². The molecule has 1 saturated heterocycles. The number of amides is 1. The summed E-state index contributed by atoms with van der Waals surface area (Å²) in [6.07, 6.45) is 1.29. The molecule has 5 nitrogen and oxygen atoms in total. The maximum absolute atomic E-state index is 12.0. The molecule has 2 heterocycles. The smallest absolute Gasteiger partial charge is 0.274 e. The zero-order valence-corrected chi connectivity index (χ0v) is 12.7. The number of nitrogens with zero attached hydrogens (tertiary/aromatic N) is 1. The van der Waals surface area contributed by atoms with Crippen LogP contribution in [0.4, 0.5) is 5.69 Å². The molecule has 0 unspecified atom stereocenters. The summed E-state index contributed by atoms with van der Waals surface area (Å²) in [7, 11) is 0. The molecule has 6 heteroatoms. The highest BCUT2D eigenvalue weighted by Crippen LogP contribution is 2.24. The highest BCUT2D eigenvalue weighted by atomic mass is 79.9. The molecule has 3 rings (SSSR count). The average molecular weight is 349 g/mol. The molecular weight excluding hydrogens is 336 g/mol. The average Bonchev–Trinajstić information content (AvgIpc) is 3.03. The van der Waals surface area contributed by atoms with Gasteiger partial charge in [-0.2, -0.15) is 0 Å². The standard InChI is InChI=1S/C15H13BrN2O3/c16-11-3-6-13(17-9-11)14(19)18-12-4-1-10(2-5-12)15-20-7-8-21-15/h1-6,9,15H,7-8H2,(H,18,19). The van der Waals surface area contributed by atoms with Gasteiger partial charge < -0.3 is 14.8 Å². The number of pyridine rings is 1. The van der Waals surface area contributed by atoms with Crippen molar-refractivity contribution in [3.8, 4) is 0 Å².